The highest BCUT2D eigenvalue weighted by Crippen LogP contribution is 2.67. The molecule has 0 saturated heterocycles. The molecule has 0 aromatic heterocycles. The van der Waals surface area contributed by atoms with Crippen LogP contribution in [0.3, 0.4) is 0 Å². The number of halogens is 3. The van der Waals surface area contributed by atoms with E-state index in [1.54, 1.807) is 0 Å². The van der Waals surface area contributed by atoms with Crippen LogP contribution >= 0.6 is 34.8 Å². The molecule has 0 bridgehead atoms. The number of nitrogens with one attached hydrogen (secondary N) is 1. The van der Waals surface area contributed by atoms with Crippen molar-refractivity contribution in [1.29, 1.82) is 0 Å². The molecule has 2 aromatic carbocycles. The number of anilines is 1. The summed E-state index contributed by atoms with van der Waals surface area (Å²) in [6.45, 7) is 10.3. The summed E-state index contributed by atoms with van der Waals surface area (Å²) in [6.07, 6.45) is 0. The maximum absolute atomic E-state index is 6.56. The van der Waals surface area contributed by atoms with E-state index in [1.165, 1.54) is 11.1 Å². The molecule has 3 rings (SSSR count). The zero-order valence-electron chi connectivity index (χ0n) is 14.0. The molecule has 1 nitrogen and oxygen atoms in total. The van der Waals surface area contributed by atoms with Crippen LogP contribution < -0.4 is 5.32 Å². The van der Waals surface area contributed by atoms with E-state index >= 15 is 0 Å². The number of aryl methyl sites for hydroxylation is 3. The van der Waals surface area contributed by atoms with Gasteiger partial charge in [-0.25, -0.2) is 0 Å². The van der Waals surface area contributed by atoms with Crippen LogP contribution in [-0.2, 0) is 0 Å². The van der Waals surface area contributed by atoms with Crippen molar-refractivity contribution in [2.45, 2.75) is 31.0 Å². The SMILES string of the molecule is C=C(Nc1ccc(Cl)c(C)c1)C1[C@H](c2ccc(C)c(C)c2)C1(Cl)Cl. The Morgan fingerprint density at radius 3 is 2.33 bits per heavy atom. The quantitative estimate of drug-likeness (QED) is 0.576. The van der Waals surface area contributed by atoms with Crippen LogP contribution in [0.5, 0.6) is 0 Å². The van der Waals surface area contributed by atoms with Gasteiger partial charge < -0.3 is 5.32 Å². The van der Waals surface area contributed by atoms with Gasteiger partial charge in [-0.1, -0.05) is 36.4 Å². The second-order valence-electron chi connectivity index (χ2n) is 6.59. The Hall–Kier alpha value is -1.15. The van der Waals surface area contributed by atoms with Gasteiger partial charge in [0, 0.05) is 28.2 Å². The highest BCUT2D eigenvalue weighted by Gasteiger charge is 2.65. The maximum atomic E-state index is 6.56. The van der Waals surface area contributed by atoms with Crippen LogP contribution in [0.2, 0.25) is 5.02 Å². The highest BCUT2D eigenvalue weighted by molar-refractivity contribution is 6.52. The van der Waals surface area contributed by atoms with Gasteiger partial charge in [-0.15, -0.1) is 23.2 Å². The third-order valence-corrected chi connectivity index (χ3v) is 6.15. The standard InChI is InChI=1S/C20H20Cl3N/c1-11-5-6-15(9-12(11)2)19-18(20(19,22)23)14(4)24-16-7-8-17(21)13(3)10-16/h5-10,18-19,24H,4H2,1-3H3/t18?,19-/m0/s1. The smallest absolute Gasteiger partial charge is 0.134 e. The lowest BCUT2D eigenvalue weighted by Gasteiger charge is -2.11. The number of hydrogen-bond acceptors (Lipinski definition) is 1. The largest absolute Gasteiger partial charge is 0.359 e. The predicted octanol–water partition coefficient (Wildman–Crippen LogP) is 6.78. The van der Waals surface area contributed by atoms with Crippen molar-refractivity contribution >= 4 is 40.5 Å². The second kappa shape index (κ2) is 6.29. The Bertz CT molecular complexity index is 811. The summed E-state index contributed by atoms with van der Waals surface area (Å²) >= 11 is 19.2. The predicted molar refractivity (Wildman–Crippen MR) is 106 cm³/mol. The number of alkyl halides is 2. The van der Waals surface area contributed by atoms with Crippen LogP contribution in [0, 0.1) is 26.7 Å². The van der Waals surface area contributed by atoms with E-state index < -0.39 is 4.33 Å². The number of rotatable bonds is 4. The molecule has 1 unspecified atom stereocenters. The maximum Gasteiger partial charge on any atom is 0.134 e. The molecule has 1 aliphatic carbocycles. The Morgan fingerprint density at radius 2 is 1.71 bits per heavy atom. The molecule has 1 N–H and O–H groups in total. The Labute approximate surface area is 158 Å². The fraction of sp³-hybridized carbons (Fsp3) is 0.300. The van der Waals surface area contributed by atoms with Crippen molar-refractivity contribution in [3.05, 3.63) is 76.0 Å². The van der Waals surface area contributed by atoms with Crippen LogP contribution in [0.1, 0.15) is 28.2 Å². The fourth-order valence-electron chi connectivity index (χ4n) is 3.12. The normalized spacial score (nSPS) is 21.4. The molecule has 2 aromatic rings. The van der Waals surface area contributed by atoms with Crippen molar-refractivity contribution in [3.8, 4) is 0 Å². The zero-order chi connectivity index (χ0) is 17.6. The first-order valence-electron chi connectivity index (χ1n) is 7.88. The van der Waals surface area contributed by atoms with Gasteiger partial charge in [0.15, 0.2) is 0 Å². The van der Waals surface area contributed by atoms with Crippen LogP contribution in [-0.4, -0.2) is 4.33 Å². The molecule has 1 aliphatic rings. The van der Waals surface area contributed by atoms with E-state index in [0.717, 1.165) is 27.5 Å². The molecule has 24 heavy (non-hydrogen) atoms. The summed E-state index contributed by atoms with van der Waals surface area (Å²) in [5, 5.41) is 4.08. The minimum atomic E-state index is -0.826. The van der Waals surface area contributed by atoms with Gasteiger partial charge in [-0.2, -0.15) is 0 Å². The Kier molecular flexibility index (Phi) is 4.63. The molecular formula is C20H20Cl3N. The first-order chi connectivity index (χ1) is 11.2. The average molecular weight is 381 g/mol. The third-order valence-electron chi connectivity index (χ3n) is 4.78. The summed E-state index contributed by atoms with van der Waals surface area (Å²) in [5.74, 6) is 0.0208. The van der Waals surface area contributed by atoms with E-state index in [-0.39, 0.29) is 11.8 Å². The van der Waals surface area contributed by atoms with Crippen molar-refractivity contribution in [3.63, 3.8) is 0 Å². The molecule has 4 heteroatoms. The van der Waals surface area contributed by atoms with Gasteiger partial charge in [-0.05, 0) is 61.2 Å². The lowest BCUT2D eigenvalue weighted by atomic mass is 10.0. The Balaban J connectivity index is 1.79. The monoisotopic (exact) mass is 379 g/mol. The lowest BCUT2D eigenvalue weighted by Crippen LogP contribution is -2.04. The first kappa shape index (κ1) is 17.7. The molecule has 0 spiro atoms. The molecule has 0 amide bonds. The van der Waals surface area contributed by atoms with Crippen molar-refractivity contribution < 1.29 is 0 Å². The molecule has 2 atom stereocenters. The van der Waals surface area contributed by atoms with Gasteiger partial charge in [-0.3, -0.25) is 0 Å². The summed E-state index contributed by atoms with van der Waals surface area (Å²) in [4.78, 5) is 0. The van der Waals surface area contributed by atoms with E-state index in [1.807, 2.05) is 25.1 Å². The summed E-state index contributed by atoms with van der Waals surface area (Å²) in [6, 6.07) is 12.2. The zero-order valence-corrected chi connectivity index (χ0v) is 16.2. The topological polar surface area (TPSA) is 12.0 Å². The van der Waals surface area contributed by atoms with Crippen molar-refractivity contribution in [2.24, 2.45) is 5.92 Å². The van der Waals surface area contributed by atoms with Gasteiger partial charge in [0.05, 0.1) is 0 Å². The average Bonchev–Trinajstić information content (AvgIpc) is 3.08. The van der Waals surface area contributed by atoms with Crippen LogP contribution in [0.15, 0.2) is 48.7 Å². The van der Waals surface area contributed by atoms with Gasteiger partial charge in [0.25, 0.3) is 0 Å². The van der Waals surface area contributed by atoms with Gasteiger partial charge >= 0.3 is 0 Å². The molecule has 0 radical (unpaired) electrons. The van der Waals surface area contributed by atoms with E-state index in [2.05, 4.69) is 43.9 Å². The summed E-state index contributed by atoms with van der Waals surface area (Å²) in [7, 11) is 0. The van der Waals surface area contributed by atoms with E-state index in [9.17, 15) is 0 Å². The summed E-state index contributed by atoms with van der Waals surface area (Å²) in [5.41, 5.74) is 6.44. The number of allylic oxidation sites excluding steroid dienone is 1. The molecule has 0 heterocycles. The molecular weight excluding hydrogens is 361 g/mol. The Morgan fingerprint density at radius 1 is 1.00 bits per heavy atom. The van der Waals surface area contributed by atoms with Crippen LogP contribution in [0.25, 0.3) is 0 Å². The molecule has 0 aliphatic heterocycles. The van der Waals surface area contributed by atoms with Gasteiger partial charge in [0.2, 0.25) is 0 Å². The first-order valence-corrected chi connectivity index (χ1v) is 9.02. The molecule has 1 fully saturated rings. The summed E-state index contributed by atoms with van der Waals surface area (Å²) < 4.78 is -0.826. The fourth-order valence-corrected chi connectivity index (χ4v) is 4.13. The van der Waals surface area contributed by atoms with Crippen molar-refractivity contribution in [2.75, 3.05) is 5.32 Å². The highest BCUT2D eigenvalue weighted by atomic mass is 35.5. The minimum absolute atomic E-state index is 0.0288. The molecule has 1 saturated carbocycles. The second-order valence-corrected chi connectivity index (χ2v) is 8.44. The van der Waals surface area contributed by atoms with Crippen LogP contribution in [0.4, 0.5) is 5.69 Å². The lowest BCUT2D eigenvalue weighted by molar-refractivity contribution is 0.945. The van der Waals surface area contributed by atoms with Gasteiger partial charge in [0.1, 0.15) is 4.33 Å². The molecule has 126 valence electrons. The van der Waals surface area contributed by atoms with Crippen molar-refractivity contribution in [1.82, 2.24) is 0 Å². The van der Waals surface area contributed by atoms with E-state index in [4.69, 9.17) is 34.8 Å². The minimum Gasteiger partial charge on any atom is -0.359 e. The number of benzene rings is 2. The third kappa shape index (κ3) is 3.18. The van der Waals surface area contributed by atoms with E-state index in [0.29, 0.717) is 0 Å². The number of hydrogen-bond donors (Lipinski definition) is 1.